The first kappa shape index (κ1) is 21.4. The van der Waals surface area contributed by atoms with Crippen LogP contribution in [0, 0.1) is 11.6 Å². The molecule has 0 aliphatic heterocycles. The molecule has 0 fully saturated rings. The topological polar surface area (TPSA) is 55.4 Å². The van der Waals surface area contributed by atoms with Gasteiger partial charge in [0.2, 0.25) is 5.91 Å². The van der Waals surface area contributed by atoms with Crippen LogP contribution in [0.4, 0.5) is 8.78 Å². The maximum absolute atomic E-state index is 14.0. The highest BCUT2D eigenvalue weighted by atomic mass is 19.1. The Labute approximate surface area is 183 Å². The minimum Gasteiger partial charge on any atom is -0.467 e. The Hall–Kier alpha value is -3.80. The number of methoxy groups -OCH3 is 1. The number of fused-ring (bicyclic) bond motifs is 2. The number of esters is 1. The van der Waals surface area contributed by atoms with Gasteiger partial charge in [0, 0.05) is 12.5 Å². The van der Waals surface area contributed by atoms with Gasteiger partial charge in [0.1, 0.15) is 17.7 Å². The summed E-state index contributed by atoms with van der Waals surface area (Å²) in [6.45, 7) is 0. The molecule has 4 rings (SSSR count). The number of benzene rings is 4. The molecule has 1 atom stereocenters. The van der Waals surface area contributed by atoms with Crippen LogP contribution in [0.3, 0.4) is 0 Å². The lowest BCUT2D eigenvalue weighted by Gasteiger charge is -2.19. The quantitative estimate of drug-likeness (QED) is 0.354. The molecule has 0 spiro atoms. The van der Waals surface area contributed by atoms with Crippen molar-refractivity contribution in [3.63, 3.8) is 0 Å². The van der Waals surface area contributed by atoms with Gasteiger partial charge in [-0.25, -0.2) is 13.6 Å². The van der Waals surface area contributed by atoms with E-state index in [1.54, 1.807) is 0 Å². The molecule has 162 valence electrons. The summed E-state index contributed by atoms with van der Waals surface area (Å²) in [4.78, 5) is 25.1. The summed E-state index contributed by atoms with van der Waals surface area (Å²) < 4.78 is 32.0. The van der Waals surface area contributed by atoms with Crippen LogP contribution in [0.15, 0.2) is 72.8 Å². The van der Waals surface area contributed by atoms with Gasteiger partial charge < -0.3 is 10.1 Å². The third kappa shape index (κ3) is 4.44. The Bertz CT molecular complexity index is 1270. The minimum atomic E-state index is -0.967. The number of carbonyl (C=O) groups is 2. The molecule has 1 amide bonds. The number of hydrogen-bond donors (Lipinski definition) is 1. The summed E-state index contributed by atoms with van der Waals surface area (Å²) in [7, 11) is 1.25. The second kappa shape index (κ2) is 9.14. The van der Waals surface area contributed by atoms with Crippen LogP contribution in [0.25, 0.3) is 21.5 Å². The van der Waals surface area contributed by atoms with E-state index < -0.39 is 29.6 Å². The average molecular weight is 433 g/mol. The van der Waals surface area contributed by atoms with Crippen molar-refractivity contribution >= 4 is 33.4 Å². The van der Waals surface area contributed by atoms with Crippen LogP contribution in [-0.2, 0) is 27.2 Å². The number of hydrogen-bond acceptors (Lipinski definition) is 3. The maximum atomic E-state index is 14.0. The SMILES string of the molecule is COC(=O)[C@H](Cc1c2ccccc2cc2ccccc12)NC(=O)Cc1ccc(F)cc1F. The van der Waals surface area contributed by atoms with Gasteiger partial charge in [-0.2, -0.15) is 0 Å². The van der Waals surface area contributed by atoms with Crippen LogP contribution < -0.4 is 5.32 Å². The lowest BCUT2D eigenvalue weighted by atomic mass is 9.92. The monoisotopic (exact) mass is 433 g/mol. The second-order valence-corrected chi connectivity index (χ2v) is 7.56. The molecular formula is C26H21F2NO3. The van der Waals surface area contributed by atoms with Crippen molar-refractivity contribution in [1.82, 2.24) is 5.32 Å². The molecule has 0 unspecified atom stereocenters. The van der Waals surface area contributed by atoms with Gasteiger partial charge in [0.25, 0.3) is 0 Å². The average Bonchev–Trinajstić information content (AvgIpc) is 2.79. The third-order valence-corrected chi connectivity index (χ3v) is 5.48. The van der Waals surface area contributed by atoms with Crippen molar-refractivity contribution in [1.29, 1.82) is 0 Å². The van der Waals surface area contributed by atoms with Crippen LogP contribution >= 0.6 is 0 Å². The Balaban J connectivity index is 1.66. The molecule has 0 radical (unpaired) electrons. The van der Waals surface area contributed by atoms with Gasteiger partial charge in [-0.05, 0) is 44.8 Å². The fraction of sp³-hybridized carbons (Fsp3) is 0.154. The molecule has 0 heterocycles. The first-order valence-electron chi connectivity index (χ1n) is 10.2. The standard InChI is InChI=1S/C26H21F2NO3/c1-32-26(31)24(29-25(30)13-18-10-11-19(27)14-23(18)28)15-22-20-8-4-2-6-16(20)12-17-7-3-5-9-21(17)22/h2-12,14,24H,13,15H2,1H3,(H,29,30)/t24-/m0/s1. The third-order valence-electron chi connectivity index (χ3n) is 5.48. The Morgan fingerprint density at radius 1 is 0.906 bits per heavy atom. The van der Waals surface area contributed by atoms with Gasteiger partial charge in [-0.3, -0.25) is 4.79 Å². The van der Waals surface area contributed by atoms with Gasteiger partial charge in [-0.1, -0.05) is 54.6 Å². The summed E-state index contributed by atoms with van der Waals surface area (Å²) in [6, 6.07) is 19.8. The zero-order valence-electron chi connectivity index (χ0n) is 17.4. The smallest absolute Gasteiger partial charge is 0.328 e. The molecule has 0 saturated heterocycles. The van der Waals surface area contributed by atoms with Crippen LogP contribution in [0.5, 0.6) is 0 Å². The van der Waals surface area contributed by atoms with E-state index in [1.807, 2.05) is 48.5 Å². The first-order chi connectivity index (χ1) is 15.5. The lowest BCUT2D eigenvalue weighted by Crippen LogP contribution is -2.43. The van der Waals surface area contributed by atoms with Crippen molar-refractivity contribution in [2.24, 2.45) is 0 Å². The summed E-state index contributed by atoms with van der Waals surface area (Å²) in [5, 5.41) is 6.64. The van der Waals surface area contributed by atoms with Gasteiger partial charge in [0.15, 0.2) is 0 Å². The van der Waals surface area contributed by atoms with Gasteiger partial charge in [0.05, 0.1) is 13.5 Å². The van der Waals surface area contributed by atoms with E-state index in [0.29, 0.717) is 0 Å². The second-order valence-electron chi connectivity index (χ2n) is 7.56. The van der Waals surface area contributed by atoms with Gasteiger partial charge in [-0.15, -0.1) is 0 Å². The summed E-state index contributed by atoms with van der Waals surface area (Å²) in [6.07, 6.45) is -0.123. The van der Waals surface area contributed by atoms with E-state index in [1.165, 1.54) is 13.2 Å². The molecule has 1 N–H and O–H groups in total. The van der Waals surface area contributed by atoms with Crippen molar-refractivity contribution in [2.45, 2.75) is 18.9 Å². The van der Waals surface area contributed by atoms with E-state index >= 15 is 0 Å². The molecule has 4 aromatic carbocycles. The van der Waals surface area contributed by atoms with E-state index in [2.05, 4.69) is 11.4 Å². The number of rotatable bonds is 6. The summed E-state index contributed by atoms with van der Waals surface area (Å²) in [5.41, 5.74) is 0.950. The Kier molecular flexibility index (Phi) is 6.12. The predicted octanol–water partition coefficient (Wildman–Crippen LogP) is 4.71. The van der Waals surface area contributed by atoms with Crippen LogP contribution in [0.1, 0.15) is 11.1 Å². The van der Waals surface area contributed by atoms with E-state index in [4.69, 9.17) is 4.74 Å². The van der Waals surface area contributed by atoms with E-state index in [0.717, 1.165) is 39.2 Å². The molecule has 0 bridgehead atoms. The molecule has 0 aliphatic rings. The molecule has 0 aliphatic carbocycles. The fourth-order valence-corrected chi connectivity index (χ4v) is 3.95. The van der Waals surface area contributed by atoms with E-state index in [-0.39, 0.29) is 18.4 Å². The number of carbonyl (C=O) groups excluding carboxylic acids is 2. The summed E-state index contributed by atoms with van der Waals surface area (Å²) in [5.74, 6) is -2.69. The largest absolute Gasteiger partial charge is 0.467 e. The number of nitrogens with one attached hydrogen (secondary N) is 1. The fourth-order valence-electron chi connectivity index (χ4n) is 3.95. The molecular weight excluding hydrogens is 412 g/mol. The number of amides is 1. The maximum Gasteiger partial charge on any atom is 0.328 e. The van der Waals surface area contributed by atoms with Crippen molar-refractivity contribution in [3.05, 3.63) is 95.6 Å². The van der Waals surface area contributed by atoms with Crippen LogP contribution in [-0.4, -0.2) is 25.0 Å². The molecule has 4 aromatic rings. The van der Waals surface area contributed by atoms with Crippen molar-refractivity contribution in [2.75, 3.05) is 7.11 Å². The Morgan fingerprint density at radius 3 is 2.12 bits per heavy atom. The molecule has 0 aromatic heterocycles. The predicted molar refractivity (Wildman–Crippen MR) is 119 cm³/mol. The normalized spacial score (nSPS) is 12.0. The zero-order valence-corrected chi connectivity index (χ0v) is 17.4. The number of ether oxygens (including phenoxy) is 1. The lowest BCUT2D eigenvalue weighted by molar-refractivity contribution is -0.145. The zero-order chi connectivity index (χ0) is 22.7. The minimum absolute atomic E-state index is 0.0446. The molecule has 32 heavy (non-hydrogen) atoms. The molecule has 4 nitrogen and oxygen atoms in total. The van der Waals surface area contributed by atoms with Crippen molar-refractivity contribution < 1.29 is 23.1 Å². The Morgan fingerprint density at radius 2 is 1.53 bits per heavy atom. The summed E-state index contributed by atoms with van der Waals surface area (Å²) >= 11 is 0. The van der Waals surface area contributed by atoms with Crippen LogP contribution in [0.2, 0.25) is 0 Å². The van der Waals surface area contributed by atoms with Crippen molar-refractivity contribution in [3.8, 4) is 0 Å². The molecule has 6 heteroatoms. The highest BCUT2D eigenvalue weighted by Crippen LogP contribution is 2.29. The highest BCUT2D eigenvalue weighted by molar-refractivity contribution is 6.02. The first-order valence-corrected chi connectivity index (χ1v) is 10.2. The molecule has 0 saturated carbocycles. The van der Waals surface area contributed by atoms with Gasteiger partial charge >= 0.3 is 5.97 Å². The highest BCUT2D eigenvalue weighted by Gasteiger charge is 2.24. The van der Waals surface area contributed by atoms with E-state index in [9.17, 15) is 18.4 Å². The number of halogens is 2.